The first kappa shape index (κ1) is 21.8. The van der Waals surface area contributed by atoms with Crippen molar-refractivity contribution in [3.8, 4) is 0 Å². The molecule has 0 radical (unpaired) electrons. The van der Waals surface area contributed by atoms with Crippen molar-refractivity contribution < 1.29 is 4.21 Å². The number of guanidine groups is 1. The summed E-state index contributed by atoms with van der Waals surface area (Å²) < 4.78 is 12.3. The highest BCUT2D eigenvalue weighted by Crippen LogP contribution is 2.13. The van der Waals surface area contributed by atoms with Crippen LogP contribution < -0.4 is 5.32 Å². The Balaban J connectivity index is 1.38. The topological polar surface area (TPSA) is 47.9 Å². The van der Waals surface area contributed by atoms with Gasteiger partial charge in [-0.15, -0.1) is 0 Å². The van der Waals surface area contributed by atoms with Gasteiger partial charge in [0.1, 0.15) is 0 Å². The van der Waals surface area contributed by atoms with Gasteiger partial charge in [-0.3, -0.25) is 14.1 Å². The minimum atomic E-state index is -0.878. The molecule has 1 atom stereocenters. The standard InChI is InChI=1S/C22H29ClN4OS/c1-24-22(25-11-16-29(28)18-20-5-3-2-4-6-20)27-14-12-26(13-15-27)17-19-7-9-21(23)10-8-19/h2-10H,11-18H2,1H3,(H,24,25). The Morgan fingerprint density at radius 2 is 1.72 bits per heavy atom. The van der Waals surface area contributed by atoms with E-state index in [2.05, 4.69) is 32.2 Å². The first-order valence-electron chi connectivity index (χ1n) is 9.95. The normalized spacial score (nSPS) is 16.6. The second kappa shape index (κ2) is 11.3. The number of piperazine rings is 1. The van der Waals surface area contributed by atoms with Crippen molar-refractivity contribution in [3.63, 3.8) is 0 Å². The predicted molar refractivity (Wildman–Crippen MR) is 123 cm³/mol. The van der Waals surface area contributed by atoms with Crippen LogP contribution >= 0.6 is 11.6 Å². The maximum atomic E-state index is 12.3. The first-order valence-corrected chi connectivity index (χ1v) is 11.8. The van der Waals surface area contributed by atoms with Gasteiger partial charge in [0.15, 0.2) is 5.96 Å². The molecule has 0 saturated carbocycles. The van der Waals surface area contributed by atoms with Gasteiger partial charge in [-0.1, -0.05) is 54.1 Å². The number of nitrogens with one attached hydrogen (secondary N) is 1. The van der Waals surface area contributed by atoms with E-state index in [9.17, 15) is 4.21 Å². The summed E-state index contributed by atoms with van der Waals surface area (Å²) in [4.78, 5) is 9.13. The number of rotatable bonds is 7. The summed E-state index contributed by atoms with van der Waals surface area (Å²) in [5, 5.41) is 4.15. The highest BCUT2D eigenvalue weighted by atomic mass is 35.5. The van der Waals surface area contributed by atoms with Crippen LogP contribution in [0.5, 0.6) is 0 Å². The quantitative estimate of drug-likeness (QED) is 0.539. The van der Waals surface area contributed by atoms with Gasteiger partial charge in [-0.05, 0) is 23.3 Å². The zero-order valence-electron chi connectivity index (χ0n) is 16.9. The van der Waals surface area contributed by atoms with Crippen LogP contribution in [0.4, 0.5) is 0 Å². The highest BCUT2D eigenvalue weighted by Gasteiger charge is 2.19. The van der Waals surface area contributed by atoms with Gasteiger partial charge >= 0.3 is 0 Å². The minimum Gasteiger partial charge on any atom is -0.355 e. The Labute approximate surface area is 181 Å². The maximum Gasteiger partial charge on any atom is 0.193 e. The zero-order valence-corrected chi connectivity index (χ0v) is 18.5. The Morgan fingerprint density at radius 1 is 1.03 bits per heavy atom. The third-order valence-corrected chi connectivity index (χ3v) is 6.55. The average Bonchev–Trinajstić information content (AvgIpc) is 2.74. The summed E-state index contributed by atoms with van der Waals surface area (Å²) in [6.07, 6.45) is 0. The molecule has 1 aliphatic heterocycles. The molecule has 7 heteroatoms. The van der Waals surface area contributed by atoms with Crippen LogP contribution in [-0.2, 0) is 23.1 Å². The molecule has 29 heavy (non-hydrogen) atoms. The van der Waals surface area contributed by atoms with E-state index in [0.717, 1.165) is 49.3 Å². The molecule has 156 valence electrons. The van der Waals surface area contributed by atoms with E-state index >= 15 is 0 Å². The fourth-order valence-electron chi connectivity index (χ4n) is 3.41. The number of hydrogen-bond acceptors (Lipinski definition) is 3. The molecule has 2 aromatic carbocycles. The van der Waals surface area contributed by atoms with E-state index in [1.807, 2.05) is 49.5 Å². The van der Waals surface area contributed by atoms with Crippen molar-refractivity contribution in [2.45, 2.75) is 12.3 Å². The van der Waals surface area contributed by atoms with Crippen LogP contribution in [0.15, 0.2) is 59.6 Å². The van der Waals surface area contributed by atoms with E-state index in [1.54, 1.807) is 0 Å². The van der Waals surface area contributed by atoms with Gasteiger partial charge < -0.3 is 10.2 Å². The fraction of sp³-hybridized carbons (Fsp3) is 0.409. The van der Waals surface area contributed by atoms with E-state index in [0.29, 0.717) is 18.1 Å². The van der Waals surface area contributed by atoms with E-state index in [-0.39, 0.29) is 0 Å². The molecule has 5 nitrogen and oxygen atoms in total. The van der Waals surface area contributed by atoms with Crippen LogP contribution in [0.2, 0.25) is 5.02 Å². The average molecular weight is 433 g/mol. The molecule has 1 N–H and O–H groups in total. The Bertz CT molecular complexity index is 805. The molecule has 0 spiro atoms. The van der Waals surface area contributed by atoms with Crippen molar-refractivity contribution >= 4 is 28.4 Å². The Morgan fingerprint density at radius 3 is 2.38 bits per heavy atom. The largest absolute Gasteiger partial charge is 0.355 e. The van der Waals surface area contributed by atoms with Gasteiger partial charge in [0.05, 0.1) is 0 Å². The minimum absolute atomic E-state index is 0.602. The molecule has 1 aliphatic rings. The lowest BCUT2D eigenvalue weighted by atomic mass is 10.2. The third-order valence-electron chi connectivity index (χ3n) is 4.99. The Kier molecular flexibility index (Phi) is 8.52. The zero-order chi connectivity index (χ0) is 20.5. The molecule has 0 aliphatic carbocycles. The summed E-state index contributed by atoms with van der Waals surface area (Å²) >= 11 is 5.97. The molecular weight excluding hydrogens is 404 g/mol. The molecule has 1 unspecified atom stereocenters. The van der Waals surface area contributed by atoms with Gasteiger partial charge in [0.2, 0.25) is 0 Å². The summed E-state index contributed by atoms with van der Waals surface area (Å²) in [6, 6.07) is 18.1. The second-order valence-corrected chi connectivity index (χ2v) is 9.15. The van der Waals surface area contributed by atoms with Crippen molar-refractivity contribution in [2.24, 2.45) is 4.99 Å². The maximum absolute atomic E-state index is 12.3. The highest BCUT2D eigenvalue weighted by molar-refractivity contribution is 7.84. The van der Waals surface area contributed by atoms with Gasteiger partial charge in [-0.2, -0.15) is 0 Å². The number of hydrogen-bond donors (Lipinski definition) is 1. The van der Waals surface area contributed by atoms with Crippen molar-refractivity contribution in [1.29, 1.82) is 0 Å². The SMILES string of the molecule is CN=C(NCCS(=O)Cc1ccccc1)N1CCN(Cc2ccc(Cl)cc2)CC1. The lowest BCUT2D eigenvalue weighted by molar-refractivity contribution is 0.172. The van der Waals surface area contributed by atoms with E-state index < -0.39 is 10.8 Å². The smallest absolute Gasteiger partial charge is 0.193 e. The number of halogens is 1. The second-order valence-electron chi connectivity index (χ2n) is 7.14. The molecule has 3 rings (SSSR count). The lowest BCUT2D eigenvalue weighted by Gasteiger charge is -2.36. The molecule has 0 amide bonds. The fourth-order valence-corrected chi connectivity index (χ4v) is 4.57. The van der Waals surface area contributed by atoms with Crippen LogP contribution in [0.3, 0.4) is 0 Å². The van der Waals surface area contributed by atoms with Gasteiger partial charge in [-0.25, -0.2) is 0 Å². The number of benzene rings is 2. The van der Waals surface area contributed by atoms with Crippen LogP contribution in [0, 0.1) is 0 Å². The first-order chi connectivity index (χ1) is 14.1. The van der Waals surface area contributed by atoms with Crippen molar-refractivity contribution in [3.05, 3.63) is 70.7 Å². The van der Waals surface area contributed by atoms with Gasteiger partial charge in [0, 0.05) is 73.6 Å². The molecule has 0 bridgehead atoms. The molecular formula is C22H29ClN4OS. The molecule has 1 heterocycles. The lowest BCUT2D eigenvalue weighted by Crippen LogP contribution is -2.52. The number of aliphatic imine (C=N–C) groups is 1. The monoisotopic (exact) mass is 432 g/mol. The summed E-state index contributed by atoms with van der Waals surface area (Å²) in [5.41, 5.74) is 2.40. The third kappa shape index (κ3) is 7.14. The number of nitrogens with zero attached hydrogens (tertiary/aromatic N) is 3. The summed E-state index contributed by atoms with van der Waals surface area (Å²) in [6.45, 7) is 5.44. The summed E-state index contributed by atoms with van der Waals surface area (Å²) in [5.74, 6) is 2.11. The molecule has 2 aromatic rings. The Hall–Kier alpha value is -1.89. The van der Waals surface area contributed by atoms with E-state index in [4.69, 9.17) is 11.6 Å². The van der Waals surface area contributed by atoms with E-state index in [1.165, 1.54) is 5.56 Å². The van der Waals surface area contributed by atoms with Gasteiger partial charge in [0.25, 0.3) is 0 Å². The van der Waals surface area contributed by atoms with Crippen LogP contribution in [0.25, 0.3) is 0 Å². The van der Waals surface area contributed by atoms with Crippen LogP contribution in [-0.4, -0.2) is 65.5 Å². The molecule has 1 saturated heterocycles. The van der Waals surface area contributed by atoms with Crippen molar-refractivity contribution in [2.75, 3.05) is 45.5 Å². The van der Waals surface area contributed by atoms with Crippen molar-refractivity contribution in [1.82, 2.24) is 15.1 Å². The summed E-state index contributed by atoms with van der Waals surface area (Å²) in [7, 11) is 0.931. The predicted octanol–water partition coefficient (Wildman–Crippen LogP) is 2.98. The molecule has 1 fully saturated rings. The molecule has 0 aromatic heterocycles. The van der Waals surface area contributed by atoms with Crippen LogP contribution in [0.1, 0.15) is 11.1 Å².